The van der Waals surface area contributed by atoms with Crippen LogP contribution in [0.15, 0.2) is 71.9 Å². The lowest BCUT2D eigenvalue weighted by molar-refractivity contribution is -0.117. The molecule has 1 aliphatic rings. The highest BCUT2D eigenvalue weighted by molar-refractivity contribution is 7.87. The maximum absolute atomic E-state index is 12.5. The summed E-state index contributed by atoms with van der Waals surface area (Å²) in [4.78, 5) is 13.5. The van der Waals surface area contributed by atoms with E-state index in [1.807, 2.05) is 0 Å². The third-order valence-electron chi connectivity index (χ3n) is 4.32. The molecule has 0 radical (unpaired) electrons. The molecule has 1 aliphatic heterocycles. The average Bonchev–Trinajstić information content (AvgIpc) is 3.34. The Hall–Kier alpha value is -3.13. The molecule has 1 saturated heterocycles. The second-order valence-electron chi connectivity index (χ2n) is 6.12. The summed E-state index contributed by atoms with van der Waals surface area (Å²) in [5.41, 5.74) is 1.49. The highest BCUT2D eigenvalue weighted by Gasteiger charge is 2.23. The van der Waals surface area contributed by atoms with Gasteiger partial charge in [0.1, 0.15) is 10.6 Å². The van der Waals surface area contributed by atoms with Crippen molar-refractivity contribution in [3.63, 3.8) is 0 Å². The molecule has 1 amide bonds. The van der Waals surface area contributed by atoms with E-state index in [0.29, 0.717) is 18.7 Å². The molecule has 4 rings (SSSR count). The van der Waals surface area contributed by atoms with Gasteiger partial charge in [-0.3, -0.25) is 4.79 Å². The van der Waals surface area contributed by atoms with E-state index in [0.717, 1.165) is 12.1 Å². The molecule has 0 unspecified atom stereocenters. The predicted octanol–water partition coefficient (Wildman–Crippen LogP) is 2.77. The van der Waals surface area contributed by atoms with Crippen LogP contribution in [-0.2, 0) is 14.9 Å². The summed E-state index contributed by atoms with van der Waals surface area (Å²) in [5, 5.41) is 4.11. The van der Waals surface area contributed by atoms with Gasteiger partial charge in [-0.25, -0.2) is 4.68 Å². The Balaban J connectivity index is 1.50. The van der Waals surface area contributed by atoms with Gasteiger partial charge in [0.05, 0.1) is 5.69 Å². The molecule has 27 heavy (non-hydrogen) atoms. The summed E-state index contributed by atoms with van der Waals surface area (Å²) in [6, 6.07) is 14.6. The van der Waals surface area contributed by atoms with Gasteiger partial charge in [-0.05, 0) is 61.0 Å². The van der Waals surface area contributed by atoms with Gasteiger partial charge >= 0.3 is 10.1 Å². The highest BCUT2D eigenvalue weighted by atomic mass is 32.2. The van der Waals surface area contributed by atoms with Gasteiger partial charge in [0.2, 0.25) is 5.91 Å². The summed E-state index contributed by atoms with van der Waals surface area (Å²) >= 11 is 0. The first-order valence-corrected chi connectivity index (χ1v) is 9.89. The molecule has 0 saturated carbocycles. The molecule has 2 heterocycles. The molecule has 7 nitrogen and oxygen atoms in total. The van der Waals surface area contributed by atoms with E-state index in [1.165, 1.54) is 12.1 Å². The smallest absolute Gasteiger partial charge is 0.339 e. The predicted molar refractivity (Wildman–Crippen MR) is 99.4 cm³/mol. The summed E-state index contributed by atoms with van der Waals surface area (Å²) in [7, 11) is -3.96. The Kier molecular flexibility index (Phi) is 4.41. The van der Waals surface area contributed by atoms with E-state index < -0.39 is 10.1 Å². The highest BCUT2D eigenvalue weighted by Crippen LogP contribution is 2.25. The van der Waals surface area contributed by atoms with Crippen LogP contribution in [0.1, 0.15) is 12.8 Å². The number of anilines is 1. The van der Waals surface area contributed by atoms with E-state index in [1.54, 1.807) is 64.4 Å². The minimum Gasteiger partial charge on any atom is -0.379 e. The second-order valence-corrected chi connectivity index (χ2v) is 7.67. The van der Waals surface area contributed by atoms with E-state index in [9.17, 15) is 13.2 Å². The zero-order valence-electron chi connectivity index (χ0n) is 14.4. The summed E-state index contributed by atoms with van der Waals surface area (Å²) in [6.07, 6.45) is 4.79. The van der Waals surface area contributed by atoms with E-state index in [2.05, 4.69) is 5.10 Å². The normalized spacial score (nSPS) is 14.5. The molecule has 0 atom stereocenters. The van der Waals surface area contributed by atoms with Crippen LogP contribution in [0.2, 0.25) is 0 Å². The van der Waals surface area contributed by atoms with Crippen molar-refractivity contribution in [2.24, 2.45) is 0 Å². The number of amides is 1. The van der Waals surface area contributed by atoms with Crippen molar-refractivity contribution in [3.05, 3.63) is 67.0 Å². The molecule has 0 N–H and O–H groups in total. The van der Waals surface area contributed by atoms with Gasteiger partial charge in [-0.1, -0.05) is 0 Å². The summed E-state index contributed by atoms with van der Waals surface area (Å²) in [5.74, 6) is 0.267. The summed E-state index contributed by atoms with van der Waals surface area (Å²) in [6.45, 7) is 0.657. The topological polar surface area (TPSA) is 81.5 Å². The van der Waals surface area contributed by atoms with Gasteiger partial charge < -0.3 is 9.08 Å². The quantitative estimate of drug-likeness (QED) is 0.633. The number of hydrogen-bond donors (Lipinski definition) is 0. The van der Waals surface area contributed by atoms with E-state index in [4.69, 9.17) is 4.18 Å². The SMILES string of the molecule is O=C1CCCN1c1ccc(S(=O)(=O)Oc2ccc(-n3cccn3)cc2)cc1. The Morgan fingerprint density at radius 3 is 2.26 bits per heavy atom. The zero-order valence-corrected chi connectivity index (χ0v) is 15.2. The fourth-order valence-corrected chi connectivity index (χ4v) is 3.89. The second kappa shape index (κ2) is 6.88. The lowest BCUT2D eigenvalue weighted by Gasteiger charge is -2.16. The Labute approximate surface area is 156 Å². The Morgan fingerprint density at radius 2 is 1.67 bits per heavy atom. The molecular weight excluding hydrogens is 366 g/mol. The van der Waals surface area contributed by atoms with Gasteiger partial charge in [-0.15, -0.1) is 0 Å². The van der Waals surface area contributed by atoms with E-state index >= 15 is 0 Å². The number of carbonyl (C=O) groups is 1. The van der Waals surface area contributed by atoms with Crippen molar-refractivity contribution in [1.82, 2.24) is 9.78 Å². The molecular formula is C19H17N3O4S. The Bertz CT molecular complexity index is 1040. The standard InChI is InChI=1S/C19H17N3O4S/c23-19-3-1-13-21(19)15-6-10-18(11-7-15)27(24,25)26-17-8-4-16(5-9-17)22-14-2-12-20-22/h2,4-12,14H,1,3,13H2. The first-order chi connectivity index (χ1) is 13.0. The first-order valence-electron chi connectivity index (χ1n) is 8.48. The zero-order chi connectivity index (χ0) is 18.9. The molecule has 2 aromatic carbocycles. The average molecular weight is 383 g/mol. The van der Waals surface area contributed by atoms with Crippen molar-refractivity contribution in [1.29, 1.82) is 0 Å². The maximum atomic E-state index is 12.5. The molecule has 1 fully saturated rings. The van der Waals surface area contributed by atoms with Crippen molar-refractivity contribution in [2.45, 2.75) is 17.7 Å². The fraction of sp³-hybridized carbons (Fsp3) is 0.158. The molecule has 0 bridgehead atoms. The molecule has 0 spiro atoms. The molecule has 8 heteroatoms. The van der Waals surface area contributed by atoms with Gasteiger partial charge in [0.15, 0.2) is 0 Å². The minimum atomic E-state index is -3.96. The summed E-state index contributed by atoms with van der Waals surface area (Å²) < 4.78 is 31.9. The molecule has 138 valence electrons. The van der Waals surface area contributed by atoms with Crippen LogP contribution in [0.4, 0.5) is 5.69 Å². The van der Waals surface area contributed by atoms with Crippen LogP contribution in [0.5, 0.6) is 5.75 Å². The molecule has 3 aromatic rings. The van der Waals surface area contributed by atoms with E-state index in [-0.39, 0.29) is 16.6 Å². The lowest BCUT2D eigenvalue weighted by Crippen LogP contribution is -2.23. The van der Waals surface area contributed by atoms with Crippen LogP contribution < -0.4 is 9.08 Å². The van der Waals surface area contributed by atoms with Gasteiger partial charge in [0, 0.05) is 31.0 Å². The minimum absolute atomic E-state index is 0.0362. The number of rotatable bonds is 5. The van der Waals surface area contributed by atoms with Crippen LogP contribution >= 0.6 is 0 Å². The number of aromatic nitrogens is 2. The van der Waals surface area contributed by atoms with Crippen LogP contribution in [0.25, 0.3) is 5.69 Å². The number of benzene rings is 2. The van der Waals surface area contributed by atoms with Crippen molar-refractivity contribution in [2.75, 3.05) is 11.4 Å². The molecule has 0 aliphatic carbocycles. The Morgan fingerprint density at radius 1 is 0.963 bits per heavy atom. The van der Waals surface area contributed by atoms with Gasteiger partial charge in [0.25, 0.3) is 0 Å². The van der Waals surface area contributed by atoms with Crippen molar-refractivity contribution < 1.29 is 17.4 Å². The van der Waals surface area contributed by atoms with Crippen LogP contribution in [0, 0.1) is 0 Å². The van der Waals surface area contributed by atoms with Crippen LogP contribution in [0.3, 0.4) is 0 Å². The maximum Gasteiger partial charge on any atom is 0.339 e. The lowest BCUT2D eigenvalue weighted by atomic mass is 10.3. The van der Waals surface area contributed by atoms with Crippen LogP contribution in [-0.4, -0.2) is 30.7 Å². The number of hydrogen-bond acceptors (Lipinski definition) is 5. The fourth-order valence-electron chi connectivity index (χ4n) is 2.96. The number of nitrogens with zero attached hydrogens (tertiary/aromatic N) is 3. The van der Waals surface area contributed by atoms with Gasteiger partial charge in [-0.2, -0.15) is 13.5 Å². The molecule has 1 aromatic heterocycles. The number of carbonyl (C=O) groups excluding carboxylic acids is 1. The third kappa shape index (κ3) is 3.56. The first kappa shape index (κ1) is 17.3. The van der Waals surface area contributed by atoms with Crippen molar-refractivity contribution >= 4 is 21.7 Å². The largest absolute Gasteiger partial charge is 0.379 e. The van der Waals surface area contributed by atoms with Crippen molar-refractivity contribution in [3.8, 4) is 11.4 Å². The third-order valence-corrected chi connectivity index (χ3v) is 5.58. The monoisotopic (exact) mass is 383 g/mol.